The van der Waals surface area contributed by atoms with Crippen molar-refractivity contribution in [3.8, 4) is 0 Å². The molecule has 1 saturated heterocycles. The first-order chi connectivity index (χ1) is 6.90. The number of rotatable bonds is 0. The van der Waals surface area contributed by atoms with Crippen molar-refractivity contribution in [1.82, 2.24) is 0 Å². The van der Waals surface area contributed by atoms with Crippen molar-refractivity contribution >= 4 is 0 Å². The van der Waals surface area contributed by atoms with E-state index in [0.717, 1.165) is 30.3 Å². The van der Waals surface area contributed by atoms with Gasteiger partial charge in [-0.1, -0.05) is 0 Å². The molecule has 0 aromatic rings. The lowest BCUT2D eigenvalue weighted by Gasteiger charge is -2.52. The van der Waals surface area contributed by atoms with Crippen LogP contribution in [0.5, 0.6) is 0 Å². The van der Waals surface area contributed by atoms with Crippen molar-refractivity contribution in [3.05, 3.63) is 11.3 Å². The highest BCUT2D eigenvalue weighted by atomic mass is 17.2. The van der Waals surface area contributed by atoms with Crippen LogP contribution < -0.4 is 0 Å². The van der Waals surface area contributed by atoms with Gasteiger partial charge in [0.05, 0.1) is 0 Å². The zero-order valence-electron chi connectivity index (χ0n) is 8.37. The zero-order chi connectivity index (χ0) is 9.12. The monoisotopic (exact) mass is 192 g/mol. The molecule has 5 rings (SSSR count). The van der Waals surface area contributed by atoms with Gasteiger partial charge in [0.25, 0.3) is 0 Å². The van der Waals surface area contributed by atoms with E-state index in [-0.39, 0.29) is 0 Å². The molecule has 0 amide bonds. The Labute approximate surface area is 84.2 Å². The maximum atomic E-state index is 5.14. The average Bonchev–Trinajstić information content (AvgIpc) is 2.06. The summed E-state index contributed by atoms with van der Waals surface area (Å²) in [6.07, 6.45) is 7.28. The highest BCUT2D eigenvalue weighted by Gasteiger charge is 2.47. The fourth-order valence-corrected chi connectivity index (χ4v) is 4.40. The molecule has 0 aromatic heterocycles. The standard InChI is InChI=1S/C12H16O2/c1-7-2-9-4-8(1)5-10(3-7)12(9)11-6-13-14-11/h7-10H,1-6H2. The first-order valence-electron chi connectivity index (χ1n) is 5.92. The van der Waals surface area contributed by atoms with Gasteiger partial charge in [-0.25, -0.2) is 0 Å². The van der Waals surface area contributed by atoms with Gasteiger partial charge in [0.2, 0.25) is 0 Å². The smallest absolute Gasteiger partial charge is 0.172 e. The van der Waals surface area contributed by atoms with Crippen LogP contribution in [0.4, 0.5) is 0 Å². The number of hydrogen-bond acceptors (Lipinski definition) is 2. The SMILES string of the molecule is C1OOC1=C1C2CC3CC(C2)CC1C3. The van der Waals surface area contributed by atoms with Crippen LogP contribution in [0.1, 0.15) is 32.1 Å². The molecule has 0 atom stereocenters. The Morgan fingerprint density at radius 1 is 0.857 bits per heavy atom. The Hall–Kier alpha value is -0.500. The Kier molecular flexibility index (Phi) is 1.41. The molecule has 0 aromatic carbocycles. The van der Waals surface area contributed by atoms with Crippen LogP contribution in [0, 0.1) is 23.7 Å². The van der Waals surface area contributed by atoms with Gasteiger partial charge in [-0.2, -0.15) is 4.89 Å². The largest absolute Gasteiger partial charge is 0.339 e. The summed E-state index contributed by atoms with van der Waals surface area (Å²) in [5.41, 5.74) is 1.66. The van der Waals surface area contributed by atoms with Gasteiger partial charge in [0.15, 0.2) is 12.4 Å². The van der Waals surface area contributed by atoms with E-state index in [1.54, 1.807) is 5.57 Å². The van der Waals surface area contributed by atoms with Crippen LogP contribution in [0.25, 0.3) is 0 Å². The molecule has 0 spiro atoms. The van der Waals surface area contributed by atoms with Crippen LogP contribution >= 0.6 is 0 Å². The molecule has 0 N–H and O–H groups in total. The molecule has 1 heterocycles. The summed E-state index contributed by atoms with van der Waals surface area (Å²) < 4.78 is 0. The molecule has 4 aliphatic carbocycles. The number of allylic oxidation sites excluding steroid dienone is 1. The number of hydrogen-bond donors (Lipinski definition) is 0. The molecule has 5 aliphatic rings. The Balaban J connectivity index is 1.74. The molecule has 2 nitrogen and oxygen atoms in total. The molecule has 4 saturated carbocycles. The molecule has 2 heteroatoms. The first kappa shape index (κ1) is 7.75. The summed E-state index contributed by atoms with van der Waals surface area (Å²) in [6, 6.07) is 0. The van der Waals surface area contributed by atoms with Gasteiger partial charge in [0.1, 0.15) is 0 Å². The van der Waals surface area contributed by atoms with Gasteiger partial charge in [-0.15, -0.1) is 0 Å². The van der Waals surface area contributed by atoms with Crippen molar-refractivity contribution in [2.75, 3.05) is 6.61 Å². The fourth-order valence-electron chi connectivity index (χ4n) is 4.40. The van der Waals surface area contributed by atoms with E-state index in [0.29, 0.717) is 0 Å². The van der Waals surface area contributed by atoms with E-state index in [1.807, 2.05) is 0 Å². The summed E-state index contributed by atoms with van der Waals surface area (Å²) >= 11 is 0. The highest BCUT2D eigenvalue weighted by Crippen LogP contribution is 2.57. The first-order valence-corrected chi connectivity index (χ1v) is 5.92. The van der Waals surface area contributed by atoms with Crippen LogP contribution in [-0.2, 0) is 9.78 Å². The minimum atomic E-state index is 0.748. The minimum Gasteiger partial charge on any atom is -0.339 e. The molecular formula is C12H16O2. The molecule has 4 bridgehead atoms. The van der Waals surface area contributed by atoms with Gasteiger partial charge >= 0.3 is 0 Å². The predicted molar refractivity (Wildman–Crippen MR) is 51.1 cm³/mol. The van der Waals surface area contributed by atoms with E-state index in [1.165, 1.54) is 37.9 Å². The van der Waals surface area contributed by atoms with Crippen LogP contribution in [0.3, 0.4) is 0 Å². The van der Waals surface area contributed by atoms with E-state index in [9.17, 15) is 0 Å². The highest BCUT2D eigenvalue weighted by molar-refractivity contribution is 5.24. The average molecular weight is 192 g/mol. The lowest BCUT2D eigenvalue weighted by Crippen LogP contribution is -2.42. The Morgan fingerprint density at radius 2 is 1.43 bits per heavy atom. The van der Waals surface area contributed by atoms with E-state index < -0.39 is 0 Å². The van der Waals surface area contributed by atoms with E-state index in [4.69, 9.17) is 9.78 Å². The third-order valence-electron chi connectivity index (χ3n) is 4.69. The van der Waals surface area contributed by atoms with Gasteiger partial charge < -0.3 is 4.89 Å². The lowest BCUT2D eigenvalue weighted by atomic mass is 9.54. The van der Waals surface area contributed by atoms with Gasteiger partial charge in [-0.05, 0) is 61.3 Å². The molecular weight excluding hydrogens is 176 g/mol. The third kappa shape index (κ3) is 0.902. The van der Waals surface area contributed by atoms with Crippen LogP contribution in [0.2, 0.25) is 0 Å². The van der Waals surface area contributed by atoms with Crippen LogP contribution in [-0.4, -0.2) is 6.61 Å². The summed E-state index contributed by atoms with van der Waals surface area (Å²) in [5.74, 6) is 5.01. The van der Waals surface area contributed by atoms with Crippen molar-refractivity contribution in [1.29, 1.82) is 0 Å². The molecule has 14 heavy (non-hydrogen) atoms. The molecule has 0 unspecified atom stereocenters. The second-order valence-corrected chi connectivity index (χ2v) is 5.53. The van der Waals surface area contributed by atoms with E-state index >= 15 is 0 Å². The fraction of sp³-hybridized carbons (Fsp3) is 0.833. The zero-order valence-corrected chi connectivity index (χ0v) is 8.37. The normalized spacial score (nSPS) is 49.1. The topological polar surface area (TPSA) is 18.5 Å². The second-order valence-electron chi connectivity index (χ2n) is 5.53. The van der Waals surface area contributed by atoms with Crippen molar-refractivity contribution < 1.29 is 9.78 Å². The molecule has 0 radical (unpaired) electrons. The van der Waals surface area contributed by atoms with Crippen molar-refractivity contribution in [2.45, 2.75) is 32.1 Å². The van der Waals surface area contributed by atoms with Crippen molar-refractivity contribution in [2.24, 2.45) is 23.7 Å². The third-order valence-corrected chi connectivity index (χ3v) is 4.69. The summed E-state index contributed by atoms with van der Waals surface area (Å²) in [7, 11) is 0. The maximum absolute atomic E-state index is 5.14. The molecule has 1 aliphatic heterocycles. The summed E-state index contributed by atoms with van der Waals surface area (Å²) in [4.78, 5) is 9.97. The van der Waals surface area contributed by atoms with Crippen molar-refractivity contribution in [3.63, 3.8) is 0 Å². The van der Waals surface area contributed by atoms with Gasteiger partial charge in [0, 0.05) is 0 Å². The molecule has 76 valence electrons. The maximum Gasteiger partial charge on any atom is 0.172 e. The Bertz CT molecular complexity index is 269. The summed E-state index contributed by atoms with van der Waals surface area (Å²) in [5, 5.41) is 0. The van der Waals surface area contributed by atoms with E-state index in [2.05, 4.69) is 0 Å². The van der Waals surface area contributed by atoms with Gasteiger partial charge in [-0.3, -0.25) is 0 Å². The predicted octanol–water partition coefficient (Wildman–Crippen LogP) is 2.66. The Morgan fingerprint density at radius 3 is 1.86 bits per heavy atom. The lowest BCUT2D eigenvalue weighted by molar-refractivity contribution is -0.338. The summed E-state index contributed by atoms with van der Waals surface area (Å²) in [6.45, 7) is 0.748. The van der Waals surface area contributed by atoms with Crippen LogP contribution in [0.15, 0.2) is 11.3 Å². The molecule has 5 fully saturated rings. The second kappa shape index (κ2) is 2.54. The quantitative estimate of drug-likeness (QED) is 0.549. The minimum absolute atomic E-state index is 0.748.